The number of amides is 2. The van der Waals surface area contributed by atoms with Crippen LogP contribution in [0, 0.1) is 11.8 Å². The van der Waals surface area contributed by atoms with Gasteiger partial charge < -0.3 is 15.3 Å². The number of hydrogen-bond acceptors (Lipinski definition) is 2. The van der Waals surface area contributed by atoms with E-state index in [2.05, 4.69) is 17.2 Å². The molecule has 4 nitrogen and oxygen atoms in total. The van der Waals surface area contributed by atoms with Crippen LogP contribution in [0.3, 0.4) is 0 Å². The van der Waals surface area contributed by atoms with E-state index >= 15 is 0 Å². The Kier molecular flexibility index (Phi) is 6.48. The minimum Gasteiger partial charge on any atom is -0.395 e. The van der Waals surface area contributed by atoms with Gasteiger partial charge in [-0.15, -0.1) is 0 Å². The van der Waals surface area contributed by atoms with Gasteiger partial charge in [-0.1, -0.05) is 30.0 Å². The number of urea groups is 1. The molecule has 0 aliphatic carbocycles. The lowest BCUT2D eigenvalue weighted by Gasteiger charge is -2.18. The molecule has 0 unspecified atom stereocenters. The van der Waals surface area contributed by atoms with Gasteiger partial charge >= 0.3 is 6.03 Å². The van der Waals surface area contributed by atoms with E-state index in [4.69, 9.17) is 5.11 Å². The molecule has 4 heteroatoms. The van der Waals surface area contributed by atoms with Crippen molar-refractivity contribution in [2.45, 2.75) is 19.9 Å². The highest BCUT2D eigenvalue weighted by Gasteiger charge is 2.09. The molecule has 19 heavy (non-hydrogen) atoms. The third kappa shape index (κ3) is 5.02. The number of carbonyl (C=O) groups excluding carboxylic acids is 1. The Hall–Kier alpha value is -1.99. The van der Waals surface area contributed by atoms with E-state index in [0.717, 1.165) is 11.1 Å². The first-order valence-corrected chi connectivity index (χ1v) is 6.35. The molecule has 0 bridgehead atoms. The number of aliphatic hydroxyl groups is 1. The van der Waals surface area contributed by atoms with Crippen molar-refractivity contribution >= 4 is 6.03 Å². The molecule has 0 aromatic heterocycles. The van der Waals surface area contributed by atoms with Crippen LogP contribution in [0.15, 0.2) is 24.3 Å². The molecule has 0 spiro atoms. The Bertz CT molecular complexity index is 475. The van der Waals surface area contributed by atoms with Crippen LogP contribution in [-0.4, -0.2) is 36.2 Å². The zero-order valence-electron chi connectivity index (χ0n) is 11.4. The summed E-state index contributed by atoms with van der Waals surface area (Å²) < 4.78 is 0. The molecule has 0 atom stereocenters. The molecule has 102 valence electrons. The third-order valence-corrected chi connectivity index (χ3v) is 2.56. The second-order valence-electron chi connectivity index (χ2n) is 4.12. The average molecular weight is 260 g/mol. The van der Waals surface area contributed by atoms with Crippen LogP contribution >= 0.6 is 0 Å². The van der Waals surface area contributed by atoms with Crippen molar-refractivity contribution in [3.8, 4) is 11.8 Å². The minimum atomic E-state index is -0.0966. The molecule has 1 rings (SSSR count). The molecule has 0 saturated heterocycles. The van der Waals surface area contributed by atoms with E-state index in [-0.39, 0.29) is 12.6 Å². The number of aliphatic hydroxyl groups excluding tert-OH is 1. The van der Waals surface area contributed by atoms with Crippen molar-refractivity contribution in [1.29, 1.82) is 0 Å². The van der Waals surface area contributed by atoms with E-state index in [0.29, 0.717) is 19.5 Å². The van der Waals surface area contributed by atoms with Gasteiger partial charge in [0.25, 0.3) is 0 Å². The highest BCUT2D eigenvalue weighted by atomic mass is 16.2. The lowest BCUT2D eigenvalue weighted by molar-refractivity contribution is 0.207. The van der Waals surface area contributed by atoms with Gasteiger partial charge in [-0.05, 0) is 18.6 Å². The van der Waals surface area contributed by atoms with Crippen molar-refractivity contribution in [3.05, 3.63) is 35.4 Å². The predicted octanol–water partition coefficient (Wildman–Crippen LogP) is 1.58. The standard InChI is InChI=1S/C15H20N2O2/c1-3-16-15(19)17(2)12-14-10-5-4-8-13(14)9-6-7-11-18/h4-5,8,10,18H,3,7,11-12H2,1-2H3,(H,16,19). The first-order valence-electron chi connectivity index (χ1n) is 6.35. The van der Waals surface area contributed by atoms with Crippen molar-refractivity contribution < 1.29 is 9.90 Å². The molecule has 1 aromatic carbocycles. The van der Waals surface area contributed by atoms with Crippen molar-refractivity contribution in [3.63, 3.8) is 0 Å². The van der Waals surface area contributed by atoms with Crippen LogP contribution in [0.2, 0.25) is 0 Å². The number of carbonyl (C=O) groups is 1. The smallest absolute Gasteiger partial charge is 0.317 e. The summed E-state index contributed by atoms with van der Waals surface area (Å²) in [5.41, 5.74) is 1.90. The maximum Gasteiger partial charge on any atom is 0.317 e. The molecule has 2 N–H and O–H groups in total. The predicted molar refractivity (Wildman–Crippen MR) is 75.6 cm³/mol. The summed E-state index contributed by atoms with van der Waals surface area (Å²) in [6.45, 7) is 3.07. The van der Waals surface area contributed by atoms with Gasteiger partial charge in [-0.25, -0.2) is 4.79 Å². The number of hydrogen-bond donors (Lipinski definition) is 2. The van der Waals surface area contributed by atoms with Gasteiger partial charge in [0.2, 0.25) is 0 Å². The van der Waals surface area contributed by atoms with Gasteiger partial charge in [-0.3, -0.25) is 0 Å². The summed E-state index contributed by atoms with van der Waals surface area (Å²) in [7, 11) is 1.75. The Balaban J connectivity index is 2.78. The number of benzene rings is 1. The SMILES string of the molecule is CCNC(=O)N(C)Cc1ccccc1C#CCCO. The quantitative estimate of drug-likeness (QED) is 0.808. The second-order valence-corrected chi connectivity index (χ2v) is 4.12. The molecular formula is C15H20N2O2. The van der Waals surface area contributed by atoms with Crippen LogP contribution in [0.25, 0.3) is 0 Å². The number of nitrogens with one attached hydrogen (secondary N) is 1. The third-order valence-electron chi connectivity index (χ3n) is 2.56. The van der Waals surface area contributed by atoms with E-state index in [1.807, 2.05) is 31.2 Å². The van der Waals surface area contributed by atoms with Crippen molar-refractivity contribution in [2.24, 2.45) is 0 Å². The molecule has 0 heterocycles. The maximum atomic E-state index is 11.7. The first kappa shape index (κ1) is 15.1. The van der Waals surface area contributed by atoms with Crippen LogP contribution in [0.1, 0.15) is 24.5 Å². The van der Waals surface area contributed by atoms with E-state index in [1.54, 1.807) is 11.9 Å². The molecule has 2 amide bonds. The van der Waals surface area contributed by atoms with Gasteiger partial charge in [0, 0.05) is 32.1 Å². The Morgan fingerprint density at radius 3 is 2.84 bits per heavy atom. The summed E-state index contributed by atoms with van der Waals surface area (Å²) in [4.78, 5) is 13.3. The zero-order valence-corrected chi connectivity index (χ0v) is 11.4. The highest BCUT2D eigenvalue weighted by molar-refractivity contribution is 5.73. The molecular weight excluding hydrogens is 240 g/mol. The van der Waals surface area contributed by atoms with Crippen LogP contribution in [-0.2, 0) is 6.54 Å². The minimum absolute atomic E-state index is 0.0635. The van der Waals surface area contributed by atoms with Crippen LogP contribution in [0.5, 0.6) is 0 Å². The normalized spacial score (nSPS) is 9.42. The topological polar surface area (TPSA) is 52.6 Å². The average Bonchev–Trinajstić information content (AvgIpc) is 2.41. The Morgan fingerprint density at radius 1 is 1.42 bits per heavy atom. The van der Waals surface area contributed by atoms with E-state index in [1.165, 1.54) is 0 Å². The first-order chi connectivity index (χ1) is 9.19. The second kappa shape index (κ2) is 8.17. The summed E-state index contributed by atoms with van der Waals surface area (Å²) in [5, 5.41) is 11.5. The van der Waals surface area contributed by atoms with Gasteiger partial charge in [-0.2, -0.15) is 0 Å². The summed E-state index contributed by atoms with van der Waals surface area (Å²) in [6, 6.07) is 7.63. The summed E-state index contributed by atoms with van der Waals surface area (Å²) in [6.07, 6.45) is 0.459. The van der Waals surface area contributed by atoms with Crippen LogP contribution < -0.4 is 5.32 Å². The fourth-order valence-electron chi connectivity index (χ4n) is 1.61. The number of rotatable bonds is 4. The Labute approximate surface area is 114 Å². The highest BCUT2D eigenvalue weighted by Crippen LogP contribution is 2.10. The zero-order chi connectivity index (χ0) is 14.1. The van der Waals surface area contributed by atoms with Crippen molar-refractivity contribution in [1.82, 2.24) is 10.2 Å². The maximum absolute atomic E-state index is 11.7. The largest absolute Gasteiger partial charge is 0.395 e. The monoisotopic (exact) mass is 260 g/mol. The lowest BCUT2D eigenvalue weighted by Crippen LogP contribution is -2.36. The summed E-state index contributed by atoms with van der Waals surface area (Å²) in [5.74, 6) is 5.92. The molecule has 1 aromatic rings. The van der Waals surface area contributed by atoms with Crippen molar-refractivity contribution in [2.75, 3.05) is 20.2 Å². The van der Waals surface area contributed by atoms with Gasteiger partial charge in [0.15, 0.2) is 0 Å². The van der Waals surface area contributed by atoms with Crippen LogP contribution in [0.4, 0.5) is 4.79 Å². The lowest BCUT2D eigenvalue weighted by atomic mass is 10.1. The molecule has 0 saturated carbocycles. The van der Waals surface area contributed by atoms with Gasteiger partial charge in [0.1, 0.15) is 0 Å². The van der Waals surface area contributed by atoms with E-state index < -0.39 is 0 Å². The molecule has 0 radical (unpaired) electrons. The number of nitrogens with zero attached hydrogens (tertiary/aromatic N) is 1. The molecule has 0 aliphatic rings. The Morgan fingerprint density at radius 2 is 2.16 bits per heavy atom. The molecule has 0 aliphatic heterocycles. The summed E-state index contributed by atoms with van der Waals surface area (Å²) >= 11 is 0. The molecule has 0 fully saturated rings. The van der Waals surface area contributed by atoms with E-state index in [9.17, 15) is 4.79 Å². The van der Waals surface area contributed by atoms with Gasteiger partial charge in [0.05, 0.1) is 6.61 Å². The fraction of sp³-hybridized carbons (Fsp3) is 0.400. The fourth-order valence-corrected chi connectivity index (χ4v) is 1.61.